The zero-order valence-corrected chi connectivity index (χ0v) is 14.9. The summed E-state index contributed by atoms with van der Waals surface area (Å²) in [7, 11) is -3.44. The maximum absolute atomic E-state index is 12.4. The first kappa shape index (κ1) is 18.1. The Labute approximate surface area is 143 Å². The highest BCUT2D eigenvalue weighted by molar-refractivity contribution is 7.92. The van der Waals surface area contributed by atoms with Gasteiger partial charge in [0.05, 0.1) is 11.9 Å². The maximum atomic E-state index is 12.4. The molecule has 1 heterocycles. The number of carbonyl (C=O) groups excluding carboxylic acids is 1. The summed E-state index contributed by atoms with van der Waals surface area (Å²) in [5.74, 6) is 0.0227. The number of sulfonamides is 1. The number of halogens is 1. The van der Waals surface area contributed by atoms with Crippen molar-refractivity contribution in [2.45, 2.75) is 32.1 Å². The molecular weight excluding hydrogens is 336 g/mol. The van der Waals surface area contributed by atoms with Gasteiger partial charge in [0.25, 0.3) is 0 Å². The summed E-state index contributed by atoms with van der Waals surface area (Å²) in [6.45, 7) is 1.70. The van der Waals surface area contributed by atoms with Gasteiger partial charge in [-0.3, -0.25) is 9.10 Å². The van der Waals surface area contributed by atoms with E-state index < -0.39 is 10.0 Å². The van der Waals surface area contributed by atoms with Crippen molar-refractivity contribution in [2.24, 2.45) is 0 Å². The van der Waals surface area contributed by atoms with E-state index in [9.17, 15) is 13.2 Å². The molecule has 0 saturated carbocycles. The molecule has 0 radical (unpaired) electrons. The van der Waals surface area contributed by atoms with Crippen LogP contribution in [0.1, 0.15) is 32.1 Å². The highest BCUT2D eigenvalue weighted by Crippen LogP contribution is 2.21. The molecule has 1 saturated heterocycles. The largest absolute Gasteiger partial charge is 0.343 e. The van der Waals surface area contributed by atoms with Crippen LogP contribution in [0.15, 0.2) is 24.3 Å². The molecule has 0 aliphatic carbocycles. The molecule has 7 heteroatoms. The summed E-state index contributed by atoms with van der Waals surface area (Å²) < 4.78 is 25.3. The van der Waals surface area contributed by atoms with E-state index in [-0.39, 0.29) is 18.9 Å². The first-order valence-electron chi connectivity index (χ1n) is 7.89. The Hall–Kier alpha value is -1.27. The fourth-order valence-corrected chi connectivity index (χ4v) is 3.82. The number of rotatable bonds is 5. The second-order valence-corrected chi connectivity index (χ2v) is 8.20. The van der Waals surface area contributed by atoms with Crippen molar-refractivity contribution >= 4 is 33.2 Å². The molecule has 1 aromatic rings. The molecule has 1 fully saturated rings. The van der Waals surface area contributed by atoms with Crippen molar-refractivity contribution in [3.63, 3.8) is 0 Å². The van der Waals surface area contributed by atoms with Crippen molar-refractivity contribution in [2.75, 3.05) is 30.2 Å². The lowest BCUT2D eigenvalue weighted by atomic mass is 10.2. The number of carbonyl (C=O) groups is 1. The van der Waals surface area contributed by atoms with Crippen LogP contribution < -0.4 is 4.31 Å². The van der Waals surface area contributed by atoms with Gasteiger partial charge in [-0.15, -0.1) is 0 Å². The van der Waals surface area contributed by atoms with Crippen LogP contribution in [0.4, 0.5) is 5.69 Å². The molecule has 1 aliphatic rings. The monoisotopic (exact) mass is 358 g/mol. The van der Waals surface area contributed by atoms with Crippen LogP contribution in [0.5, 0.6) is 0 Å². The molecule has 1 aromatic carbocycles. The highest BCUT2D eigenvalue weighted by atomic mass is 35.5. The average Bonchev–Trinajstić information content (AvgIpc) is 2.77. The molecule has 0 spiro atoms. The smallest absolute Gasteiger partial charge is 0.232 e. The topological polar surface area (TPSA) is 57.7 Å². The van der Waals surface area contributed by atoms with Gasteiger partial charge < -0.3 is 4.90 Å². The molecule has 1 aliphatic heterocycles. The Morgan fingerprint density at radius 1 is 1.13 bits per heavy atom. The van der Waals surface area contributed by atoms with Crippen LogP contribution in [-0.4, -0.2) is 45.1 Å². The normalized spacial score (nSPS) is 16.0. The van der Waals surface area contributed by atoms with E-state index in [1.54, 1.807) is 24.3 Å². The van der Waals surface area contributed by atoms with Crippen molar-refractivity contribution in [1.82, 2.24) is 4.90 Å². The Morgan fingerprint density at radius 2 is 1.70 bits per heavy atom. The van der Waals surface area contributed by atoms with E-state index in [1.165, 1.54) is 4.31 Å². The number of benzene rings is 1. The second-order valence-electron chi connectivity index (χ2n) is 5.86. The number of hydrogen-bond donors (Lipinski definition) is 0. The first-order valence-corrected chi connectivity index (χ1v) is 10.1. The third-order valence-corrected chi connectivity index (χ3v) is 5.45. The minimum atomic E-state index is -3.44. The van der Waals surface area contributed by atoms with E-state index in [2.05, 4.69) is 0 Å². The SMILES string of the molecule is CS(=O)(=O)N(CCC(=O)N1CCCCCC1)c1ccc(Cl)cc1. The zero-order valence-electron chi connectivity index (χ0n) is 13.4. The van der Waals surface area contributed by atoms with Gasteiger partial charge in [0.1, 0.15) is 0 Å². The number of nitrogens with zero attached hydrogens (tertiary/aromatic N) is 2. The first-order chi connectivity index (χ1) is 10.9. The Morgan fingerprint density at radius 3 is 2.22 bits per heavy atom. The van der Waals surface area contributed by atoms with Gasteiger partial charge in [-0.1, -0.05) is 24.4 Å². The van der Waals surface area contributed by atoms with Crippen LogP contribution >= 0.6 is 11.6 Å². The minimum absolute atomic E-state index is 0.0227. The summed E-state index contributed by atoms with van der Waals surface area (Å²) in [6.07, 6.45) is 5.71. The van der Waals surface area contributed by atoms with Crippen LogP contribution in [0, 0.1) is 0 Å². The maximum Gasteiger partial charge on any atom is 0.232 e. The average molecular weight is 359 g/mol. The van der Waals surface area contributed by atoms with Crippen LogP contribution in [-0.2, 0) is 14.8 Å². The lowest BCUT2D eigenvalue weighted by molar-refractivity contribution is -0.130. The van der Waals surface area contributed by atoms with E-state index >= 15 is 0 Å². The van der Waals surface area contributed by atoms with E-state index in [4.69, 9.17) is 11.6 Å². The summed E-state index contributed by atoms with van der Waals surface area (Å²) in [6, 6.07) is 6.59. The molecule has 5 nitrogen and oxygen atoms in total. The fraction of sp³-hybridized carbons (Fsp3) is 0.562. The van der Waals surface area contributed by atoms with E-state index in [1.807, 2.05) is 4.90 Å². The highest BCUT2D eigenvalue weighted by Gasteiger charge is 2.21. The minimum Gasteiger partial charge on any atom is -0.343 e. The molecule has 0 N–H and O–H groups in total. The molecule has 2 rings (SSSR count). The van der Waals surface area contributed by atoms with Crippen LogP contribution in [0.25, 0.3) is 0 Å². The molecule has 1 amide bonds. The number of hydrogen-bond acceptors (Lipinski definition) is 3. The molecule has 0 bridgehead atoms. The van der Waals surface area contributed by atoms with Crippen LogP contribution in [0.3, 0.4) is 0 Å². The predicted octanol–water partition coefficient (Wildman–Crippen LogP) is 2.90. The summed E-state index contributed by atoms with van der Waals surface area (Å²) >= 11 is 5.85. The Balaban J connectivity index is 2.04. The molecule has 23 heavy (non-hydrogen) atoms. The van der Waals surface area contributed by atoms with Gasteiger partial charge in [0.2, 0.25) is 15.9 Å². The van der Waals surface area contributed by atoms with E-state index in [0.29, 0.717) is 10.7 Å². The van der Waals surface area contributed by atoms with Crippen molar-refractivity contribution < 1.29 is 13.2 Å². The summed E-state index contributed by atoms with van der Waals surface area (Å²) in [4.78, 5) is 14.2. The van der Waals surface area contributed by atoms with Crippen LogP contribution in [0.2, 0.25) is 5.02 Å². The van der Waals surface area contributed by atoms with Crippen molar-refractivity contribution in [3.05, 3.63) is 29.3 Å². The Kier molecular flexibility index (Phi) is 6.30. The second kappa shape index (κ2) is 8.02. The molecule has 0 unspecified atom stereocenters. The molecule has 0 aromatic heterocycles. The lowest BCUT2D eigenvalue weighted by Gasteiger charge is -2.25. The Bertz CT molecular complexity index is 623. The zero-order chi connectivity index (χ0) is 16.9. The summed E-state index contributed by atoms with van der Waals surface area (Å²) in [5.41, 5.74) is 0.528. The van der Waals surface area contributed by atoms with E-state index in [0.717, 1.165) is 45.0 Å². The van der Waals surface area contributed by atoms with Crippen molar-refractivity contribution in [3.8, 4) is 0 Å². The third kappa shape index (κ3) is 5.39. The number of anilines is 1. The van der Waals surface area contributed by atoms with Gasteiger partial charge in [-0.25, -0.2) is 8.42 Å². The van der Waals surface area contributed by atoms with Crippen molar-refractivity contribution in [1.29, 1.82) is 0 Å². The lowest BCUT2D eigenvalue weighted by Crippen LogP contribution is -2.37. The summed E-state index contributed by atoms with van der Waals surface area (Å²) in [5, 5.41) is 0.544. The molecular formula is C16H23ClN2O3S. The molecule has 0 atom stereocenters. The third-order valence-electron chi connectivity index (χ3n) is 4.00. The van der Waals surface area contributed by atoms with Gasteiger partial charge in [0, 0.05) is 31.1 Å². The number of amides is 1. The number of likely N-dealkylation sites (tertiary alicyclic amines) is 1. The molecule has 128 valence electrons. The fourth-order valence-electron chi connectivity index (χ4n) is 2.77. The van der Waals surface area contributed by atoms with Gasteiger partial charge in [-0.2, -0.15) is 0 Å². The van der Waals surface area contributed by atoms with Gasteiger partial charge in [-0.05, 0) is 37.1 Å². The predicted molar refractivity (Wildman–Crippen MR) is 93.3 cm³/mol. The quantitative estimate of drug-likeness (QED) is 0.813. The van der Waals surface area contributed by atoms with Gasteiger partial charge in [0.15, 0.2) is 0 Å². The standard InChI is InChI=1S/C16H23ClN2O3S/c1-23(21,22)19(15-8-6-14(17)7-9-15)13-10-16(20)18-11-4-2-3-5-12-18/h6-9H,2-5,10-13H2,1H3. The van der Waals surface area contributed by atoms with Gasteiger partial charge >= 0.3 is 0 Å².